The first-order valence-electron chi connectivity index (χ1n) is 11.3. The molecule has 0 amide bonds. The van der Waals surface area contributed by atoms with Crippen molar-refractivity contribution in [3.05, 3.63) is 85.1 Å². The van der Waals surface area contributed by atoms with Crippen LogP contribution >= 0.6 is 0 Å². The van der Waals surface area contributed by atoms with Crippen LogP contribution in [0.15, 0.2) is 90.0 Å². The van der Waals surface area contributed by atoms with E-state index in [4.69, 9.17) is 14.5 Å². The molecule has 3 aromatic carbocycles. The predicted octanol–water partition coefficient (Wildman–Crippen LogP) is 5.41. The molecule has 4 N–H and O–H groups in total. The Kier molecular flexibility index (Phi) is 8.13. The van der Waals surface area contributed by atoms with E-state index >= 15 is 0 Å². The van der Waals surface area contributed by atoms with Gasteiger partial charge in [-0.1, -0.05) is 36.4 Å². The minimum Gasteiger partial charge on any atom is -0.494 e. The van der Waals surface area contributed by atoms with Crippen molar-refractivity contribution in [3.63, 3.8) is 0 Å². The Bertz CT molecular complexity index is 1320. The van der Waals surface area contributed by atoms with Crippen molar-refractivity contribution in [2.75, 3.05) is 35.6 Å². The fraction of sp³-hybridized carbons (Fsp3) is 0.154. The van der Waals surface area contributed by atoms with Gasteiger partial charge in [0.2, 0.25) is 5.95 Å². The topological polar surface area (TPSA) is 112 Å². The Morgan fingerprint density at radius 1 is 0.914 bits per heavy atom. The fourth-order valence-electron chi connectivity index (χ4n) is 3.47. The van der Waals surface area contributed by atoms with Crippen molar-refractivity contribution in [1.82, 2.24) is 9.97 Å². The highest BCUT2D eigenvalue weighted by Crippen LogP contribution is 2.29. The summed E-state index contributed by atoms with van der Waals surface area (Å²) in [6.45, 7) is 3.92. The standard InChI is InChI=1S/C26H28N6O2S/c1-2-34-22-13-11-19(12-14-22)24-18-30-26(31-21-9-6-10-23(17-21)35(27)33)32-25(24)29-16-15-28-20-7-4-3-5-8-20/h3-14,17-18,27-28,35H,2,15-16H2,1H3,(H2,29,30,31,32). The van der Waals surface area contributed by atoms with E-state index in [9.17, 15) is 4.21 Å². The predicted molar refractivity (Wildman–Crippen MR) is 142 cm³/mol. The summed E-state index contributed by atoms with van der Waals surface area (Å²) in [4.78, 5) is 9.65. The lowest BCUT2D eigenvalue weighted by Crippen LogP contribution is -2.15. The molecule has 1 aromatic heterocycles. The van der Waals surface area contributed by atoms with Crippen LogP contribution in [-0.4, -0.2) is 33.9 Å². The van der Waals surface area contributed by atoms with Crippen molar-refractivity contribution < 1.29 is 8.95 Å². The van der Waals surface area contributed by atoms with E-state index in [1.807, 2.05) is 67.6 Å². The van der Waals surface area contributed by atoms with Crippen molar-refractivity contribution in [2.45, 2.75) is 11.8 Å². The summed E-state index contributed by atoms with van der Waals surface area (Å²) in [6, 6.07) is 24.8. The lowest BCUT2D eigenvalue weighted by molar-refractivity contribution is 0.340. The minimum atomic E-state index is -2.17. The molecule has 0 spiro atoms. The van der Waals surface area contributed by atoms with Crippen LogP contribution < -0.4 is 20.7 Å². The summed E-state index contributed by atoms with van der Waals surface area (Å²) in [5.41, 5.74) is 3.55. The molecule has 9 heteroatoms. The van der Waals surface area contributed by atoms with E-state index in [-0.39, 0.29) is 0 Å². The molecule has 1 unspecified atom stereocenters. The number of aromatic nitrogens is 2. The molecular weight excluding hydrogens is 460 g/mol. The molecule has 0 saturated heterocycles. The third-order valence-corrected chi connectivity index (χ3v) is 5.87. The second-order valence-corrected chi connectivity index (χ2v) is 8.71. The lowest BCUT2D eigenvalue weighted by Gasteiger charge is -2.14. The Morgan fingerprint density at radius 2 is 1.66 bits per heavy atom. The van der Waals surface area contributed by atoms with Crippen molar-refractivity contribution in [3.8, 4) is 16.9 Å². The fourth-order valence-corrected chi connectivity index (χ4v) is 3.95. The maximum absolute atomic E-state index is 11.6. The Hall–Kier alpha value is -4.11. The van der Waals surface area contributed by atoms with Gasteiger partial charge in [-0.05, 0) is 55.0 Å². The van der Waals surface area contributed by atoms with Crippen molar-refractivity contribution in [2.24, 2.45) is 0 Å². The van der Waals surface area contributed by atoms with Gasteiger partial charge in [0.1, 0.15) is 11.6 Å². The molecule has 0 fully saturated rings. The average molecular weight is 489 g/mol. The molecule has 4 rings (SSSR count). The van der Waals surface area contributed by atoms with E-state index < -0.39 is 10.6 Å². The van der Waals surface area contributed by atoms with Gasteiger partial charge in [0.05, 0.1) is 17.2 Å². The largest absolute Gasteiger partial charge is 0.494 e. The molecule has 0 saturated carbocycles. The molecule has 0 aliphatic carbocycles. The van der Waals surface area contributed by atoms with Gasteiger partial charge in [-0.3, -0.25) is 4.78 Å². The summed E-state index contributed by atoms with van der Waals surface area (Å²) in [5, 5.41) is 9.95. The van der Waals surface area contributed by atoms with Gasteiger partial charge in [0, 0.05) is 41.1 Å². The zero-order valence-electron chi connectivity index (χ0n) is 19.4. The molecule has 8 nitrogen and oxygen atoms in total. The number of rotatable bonds is 11. The monoisotopic (exact) mass is 488 g/mol. The third-order valence-electron chi connectivity index (χ3n) is 5.12. The van der Waals surface area contributed by atoms with Crippen LogP contribution in [0.1, 0.15) is 6.92 Å². The number of para-hydroxylation sites is 1. The minimum absolute atomic E-state index is 0.399. The number of anilines is 4. The highest BCUT2D eigenvalue weighted by atomic mass is 32.2. The normalized spacial score (nSPS) is 11.5. The molecule has 0 bridgehead atoms. The summed E-state index contributed by atoms with van der Waals surface area (Å²) >= 11 is 0. The van der Waals surface area contributed by atoms with Crippen LogP contribution in [0.5, 0.6) is 5.75 Å². The first-order chi connectivity index (χ1) is 17.1. The van der Waals surface area contributed by atoms with E-state index in [0.717, 1.165) is 22.6 Å². The van der Waals surface area contributed by atoms with Gasteiger partial charge in [-0.15, -0.1) is 0 Å². The molecule has 1 heterocycles. The number of benzene rings is 3. The van der Waals surface area contributed by atoms with Crippen LogP contribution in [0.3, 0.4) is 0 Å². The number of nitrogens with one attached hydrogen (secondary N) is 4. The van der Waals surface area contributed by atoms with Gasteiger partial charge in [-0.25, -0.2) is 9.19 Å². The van der Waals surface area contributed by atoms with Crippen LogP contribution in [0, 0.1) is 4.78 Å². The van der Waals surface area contributed by atoms with Gasteiger partial charge < -0.3 is 20.7 Å². The zero-order valence-corrected chi connectivity index (χ0v) is 20.3. The maximum atomic E-state index is 11.6. The Morgan fingerprint density at radius 3 is 2.40 bits per heavy atom. The smallest absolute Gasteiger partial charge is 0.229 e. The van der Waals surface area contributed by atoms with Crippen LogP contribution in [0.4, 0.5) is 23.1 Å². The van der Waals surface area contributed by atoms with Crippen LogP contribution in [0.25, 0.3) is 11.1 Å². The molecule has 35 heavy (non-hydrogen) atoms. The number of ether oxygens (including phenoxy) is 1. The highest BCUT2D eigenvalue weighted by Gasteiger charge is 2.11. The number of thiol groups is 1. The number of hydrogen-bond acceptors (Lipinski definition) is 8. The molecule has 0 aliphatic heterocycles. The summed E-state index contributed by atoms with van der Waals surface area (Å²) < 4.78 is 24.6. The first kappa shape index (κ1) is 24.0. The molecule has 4 aromatic rings. The van der Waals surface area contributed by atoms with Gasteiger partial charge >= 0.3 is 0 Å². The van der Waals surface area contributed by atoms with Crippen molar-refractivity contribution >= 4 is 33.7 Å². The Balaban J connectivity index is 1.55. The molecule has 0 aliphatic rings. The van der Waals surface area contributed by atoms with Crippen molar-refractivity contribution in [1.29, 1.82) is 4.78 Å². The average Bonchev–Trinajstić information content (AvgIpc) is 2.88. The second kappa shape index (κ2) is 11.8. The number of nitrogens with zero attached hydrogens (tertiary/aromatic N) is 2. The summed E-state index contributed by atoms with van der Waals surface area (Å²) in [7, 11) is -2.17. The third kappa shape index (κ3) is 6.70. The number of hydrogen-bond donors (Lipinski definition) is 5. The van der Waals surface area contributed by atoms with Crippen LogP contribution in [0.2, 0.25) is 0 Å². The van der Waals surface area contributed by atoms with Crippen LogP contribution in [-0.2, 0) is 10.6 Å². The quantitative estimate of drug-likeness (QED) is 0.142. The van der Waals surface area contributed by atoms with Gasteiger partial charge in [0.15, 0.2) is 0 Å². The Labute approximate surface area is 206 Å². The SMILES string of the molecule is CCOc1ccc(-c2cnc(Nc3cccc([SH](=N)=O)c3)nc2NCCNc2ccccc2)cc1. The first-order valence-corrected chi connectivity index (χ1v) is 12.6. The zero-order chi connectivity index (χ0) is 24.5. The van der Waals surface area contributed by atoms with Gasteiger partial charge in [0.25, 0.3) is 0 Å². The lowest BCUT2D eigenvalue weighted by atomic mass is 10.1. The van der Waals surface area contributed by atoms with E-state index in [1.54, 1.807) is 24.4 Å². The highest BCUT2D eigenvalue weighted by molar-refractivity contribution is 7.73. The van der Waals surface area contributed by atoms with E-state index in [1.165, 1.54) is 0 Å². The van der Waals surface area contributed by atoms with Gasteiger partial charge in [-0.2, -0.15) is 4.98 Å². The molecule has 180 valence electrons. The molecule has 1 atom stereocenters. The van der Waals surface area contributed by atoms with E-state index in [2.05, 4.69) is 20.9 Å². The molecule has 0 radical (unpaired) electrons. The van der Waals surface area contributed by atoms with E-state index in [0.29, 0.717) is 42.0 Å². The summed E-state index contributed by atoms with van der Waals surface area (Å²) in [6.07, 6.45) is 1.77. The maximum Gasteiger partial charge on any atom is 0.229 e. The summed E-state index contributed by atoms with van der Waals surface area (Å²) in [5.74, 6) is 1.89. The second-order valence-electron chi connectivity index (χ2n) is 7.60. The molecular formula is C26H28N6O2S.